The topological polar surface area (TPSA) is 68.5 Å². The molecule has 1 heterocycles. The summed E-state index contributed by atoms with van der Waals surface area (Å²) in [6, 6.07) is 5.39. The van der Waals surface area contributed by atoms with E-state index in [2.05, 4.69) is 6.92 Å². The predicted molar refractivity (Wildman–Crippen MR) is 94.1 cm³/mol. The lowest BCUT2D eigenvalue weighted by Gasteiger charge is -2.04. The number of hydrogen-bond acceptors (Lipinski definition) is 3. The first kappa shape index (κ1) is 18.4. The number of aliphatic carboxylic acids is 1. The molecule has 1 aromatic carbocycles. The summed E-state index contributed by atoms with van der Waals surface area (Å²) < 4.78 is 7.16. The van der Waals surface area contributed by atoms with Crippen molar-refractivity contribution in [2.75, 3.05) is 7.11 Å². The van der Waals surface area contributed by atoms with Gasteiger partial charge in [0, 0.05) is 29.2 Å². The van der Waals surface area contributed by atoms with Gasteiger partial charge in [0.25, 0.3) is 0 Å². The summed E-state index contributed by atoms with van der Waals surface area (Å²) in [6.45, 7) is 2.81. The largest absolute Gasteiger partial charge is 0.497 e. The highest BCUT2D eigenvalue weighted by atomic mass is 35.5. The highest BCUT2D eigenvalue weighted by Crippen LogP contribution is 2.30. The minimum atomic E-state index is -1.44. The zero-order chi connectivity index (χ0) is 17.9. The van der Waals surface area contributed by atoms with Crippen molar-refractivity contribution >= 4 is 45.9 Å². The van der Waals surface area contributed by atoms with Gasteiger partial charge < -0.3 is 14.4 Å². The van der Waals surface area contributed by atoms with Gasteiger partial charge in [-0.2, -0.15) is 0 Å². The number of carbonyl (C=O) groups excluding carboxylic acids is 1. The SMILES string of the molecule is CCCCn1cc(C(=O)/C(Cl)=C(\Cl)C(=O)O)c2cc(OC)ccc21. The van der Waals surface area contributed by atoms with Crippen LogP contribution in [0.4, 0.5) is 0 Å². The number of methoxy groups -OCH3 is 1. The molecule has 0 atom stereocenters. The number of allylic oxidation sites excluding steroid dienone is 1. The Kier molecular flexibility index (Phi) is 5.91. The van der Waals surface area contributed by atoms with Gasteiger partial charge in [-0.1, -0.05) is 36.5 Å². The summed E-state index contributed by atoms with van der Waals surface area (Å²) in [7, 11) is 1.53. The summed E-state index contributed by atoms with van der Waals surface area (Å²) in [6.07, 6.45) is 3.63. The Morgan fingerprint density at radius 3 is 2.54 bits per heavy atom. The smallest absolute Gasteiger partial charge is 0.349 e. The monoisotopic (exact) mass is 369 g/mol. The predicted octanol–water partition coefficient (Wildman–Crippen LogP) is 4.41. The number of unbranched alkanes of at least 4 members (excludes halogenated alkanes) is 1. The number of carboxylic acids is 1. The Morgan fingerprint density at radius 1 is 1.25 bits per heavy atom. The van der Waals surface area contributed by atoms with Gasteiger partial charge in [-0.15, -0.1) is 0 Å². The van der Waals surface area contributed by atoms with Crippen LogP contribution in [-0.4, -0.2) is 28.5 Å². The number of hydrogen-bond donors (Lipinski definition) is 1. The Labute approximate surface area is 149 Å². The summed E-state index contributed by atoms with van der Waals surface area (Å²) in [5.74, 6) is -1.48. The van der Waals surface area contributed by atoms with Crippen molar-refractivity contribution in [1.82, 2.24) is 4.57 Å². The maximum absolute atomic E-state index is 12.6. The number of carbonyl (C=O) groups is 2. The van der Waals surface area contributed by atoms with Crippen molar-refractivity contribution in [3.05, 3.63) is 40.0 Å². The lowest BCUT2D eigenvalue weighted by molar-refractivity contribution is -0.131. The molecule has 0 saturated carbocycles. The number of aryl methyl sites for hydroxylation is 1. The zero-order valence-electron chi connectivity index (χ0n) is 13.3. The van der Waals surface area contributed by atoms with E-state index in [0.717, 1.165) is 24.9 Å². The zero-order valence-corrected chi connectivity index (χ0v) is 14.8. The first-order valence-corrected chi connectivity index (χ1v) is 8.16. The number of rotatable bonds is 7. The molecule has 1 aromatic heterocycles. The molecule has 0 fully saturated rings. The second-order valence-electron chi connectivity index (χ2n) is 5.24. The summed E-state index contributed by atoms with van der Waals surface area (Å²) in [5, 5.41) is 8.35. The molecule has 0 bridgehead atoms. The highest BCUT2D eigenvalue weighted by Gasteiger charge is 2.23. The molecule has 0 aliphatic rings. The lowest BCUT2D eigenvalue weighted by Crippen LogP contribution is -2.05. The van der Waals surface area contributed by atoms with Gasteiger partial charge in [-0.25, -0.2) is 4.79 Å². The maximum atomic E-state index is 12.6. The van der Waals surface area contributed by atoms with E-state index in [-0.39, 0.29) is 0 Å². The minimum Gasteiger partial charge on any atom is -0.497 e. The molecule has 0 aliphatic heterocycles. The van der Waals surface area contributed by atoms with E-state index in [1.165, 1.54) is 7.11 Å². The number of ether oxygens (including phenoxy) is 1. The molecule has 0 unspecified atom stereocenters. The van der Waals surface area contributed by atoms with Crippen molar-refractivity contribution in [3.8, 4) is 5.75 Å². The van der Waals surface area contributed by atoms with Crippen molar-refractivity contribution in [2.24, 2.45) is 0 Å². The number of nitrogens with zero attached hydrogens (tertiary/aromatic N) is 1. The lowest BCUT2D eigenvalue weighted by atomic mass is 10.1. The molecule has 0 amide bonds. The van der Waals surface area contributed by atoms with Crippen LogP contribution in [0.25, 0.3) is 10.9 Å². The van der Waals surface area contributed by atoms with Gasteiger partial charge >= 0.3 is 5.97 Å². The molecule has 7 heteroatoms. The number of halogens is 2. The molecular formula is C17H17Cl2NO4. The van der Waals surface area contributed by atoms with Crippen LogP contribution >= 0.6 is 23.2 Å². The van der Waals surface area contributed by atoms with Crippen LogP contribution in [0.3, 0.4) is 0 Å². The van der Waals surface area contributed by atoms with E-state index in [4.69, 9.17) is 33.0 Å². The molecule has 2 rings (SSSR count). The van der Waals surface area contributed by atoms with E-state index < -0.39 is 21.8 Å². The Hall–Kier alpha value is -1.98. The Morgan fingerprint density at radius 2 is 1.96 bits per heavy atom. The molecular weight excluding hydrogens is 353 g/mol. The third kappa shape index (κ3) is 3.57. The van der Waals surface area contributed by atoms with E-state index in [0.29, 0.717) is 16.7 Å². The van der Waals surface area contributed by atoms with Crippen LogP contribution in [-0.2, 0) is 11.3 Å². The van der Waals surface area contributed by atoms with Crippen LogP contribution < -0.4 is 4.74 Å². The third-order valence-corrected chi connectivity index (χ3v) is 4.47. The highest BCUT2D eigenvalue weighted by molar-refractivity contribution is 6.55. The van der Waals surface area contributed by atoms with Crippen LogP contribution in [0.1, 0.15) is 30.1 Å². The third-order valence-electron chi connectivity index (χ3n) is 3.67. The molecule has 5 nitrogen and oxygen atoms in total. The van der Waals surface area contributed by atoms with E-state index in [1.54, 1.807) is 18.3 Å². The number of carboxylic acid groups (broad SMARTS) is 1. The molecule has 0 spiro atoms. The van der Waals surface area contributed by atoms with Gasteiger partial charge in [-0.05, 0) is 24.6 Å². The molecule has 1 N–H and O–H groups in total. The number of ketones is 1. The van der Waals surface area contributed by atoms with Gasteiger partial charge in [0.1, 0.15) is 15.8 Å². The fraction of sp³-hybridized carbons (Fsp3) is 0.294. The standard InChI is InChI=1S/C17H17Cl2NO4/c1-3-4-7-20-9-12(16(21)14(18)15(19)17(22)23)11-8-10(24-2)5-6-13(11)20/h5-6,8-9H,3-4,7H2,1-2H3,(H,22,23)/b15-14+. The van der Waals surface area contributed by atoms with Crippen LogP contribution in [0.15, 0.2) is 34.5 Å². The van der Waals surface area contributed by atoms with Gasteiger partial charge in [0.2, 0.25) is 5.78 Å². The maximum Gasteiger partial charge on any atom is 0.349 e. The molecule has 0 radical (unpaired) electrons. The first-order chi connectivity index (χ1) is 11.4. The number of fused-ring (bicyclic) bond motifs is 1. The van der Waals surface area contributed by atoms with E-state index >= 15 is 0 Å². The van der Waals surface area contributed by atoms with Crippen molar-refractivity contribution < 1.29 is 19.4 Å². The summed E-state index contributed by atoms with van der Waals surface area (Å²) >= 11 is 11.5. The van der Waals surface area contributed by atoms with E-state index in [1.807, 2.05) is 10.6 Å². The Balaban J connectivity index is 2.62. The second-order valence-corrected chi connectivity index (χ2v) is 5.99. The molecule has 24 heavy (non-hydrogen) atoms. The first-order valence-electron chi connectivity index (χ1n) is 7.40. The average Bonchev–Trinajstić information content (AvgIpc) is 2.95. The summed E-state index contributed by atoms with van der Waals surface area (Å²) in [5.41, 5.74) is 1.15. The summed E-state index contributed by atoms with van der Waals surface area (Å²) in [4.78, 5) is 23.5. The van der Waals surface area contributed by atoms with Crippen molar-refractivity contribution in [3.63, 3.8) is 0 Å². The van der Waals surface area contributed by atoms with Crippen molar-refractivity contribution in [2.45, 2.75) is 26.3 Å². The average molecular weight is 370 g/mol. The van der Waals surface area contributed by atoms with E-state index in [9.17, 15) is 9.59 Å². The number of Topliss-reactive ketones (excluding diaryl/α,β-unsaturated/α-hetero) is 1. The number of aromatic nitrogens is 1. The molecule has 128 valence electrons. The number of benzene rings is 1. The molecule has 2 aromatic rings. The van der Waals surface area contributed by atoms with Crippen molar-refractivity contribution in [1.29, 1.82) is 0 Å². The minimum absolute atomic E-state index is 0.296. The van der Waals surface area contributed by atoms with Crippen LogP contribution in [0.5, 0.6) is 5.75 Å². The van der Waals surface area contributed by atoms with Crippen LogP contribution in [0.2, 0.25) is 0 Å². The molecule has 0 aliphatic carbocycles. The Bertz CT molecular complexity index is 823. The van der Waals surface area contributed by atoms with Gasteiger partial charge in [0.05, 0.1) is 7.11 Å². The van der Waals surface area contributed by atoms with Crippen LogP contribution in [0, 0.1) is 0 Å². The second kappa shape index (κ2) is 7.73. The normalized spacial score (nSPS) is 12.2. The van der Waals surface area contributed by atoms with Gasteiger partial charge in [0.15, 0.2) is 0 Å². The fourth-order valence-electron chi connectivity index (χ4n) is 2.41. The fourth-order valence-corrected chi connectivity index (χ4v) is 2.68. The van der Waals surface area contributed by atoms with Gasteiger partial charge in [-0.3, -0.25) is 4.79 Å². The quantitative estimate of drug-likeness (QED) is 0.579. The molecule has 0 saturated heterocycles.